The molecule has 1 atom stereocenters. The van der Waals surface area contributed by atoms with Crippen molar-refractivity contribution in [2.45, 2.75) is 40.2 Å². The third-order valence-corrected chi connectivity index (χ3v) is 3.79. The lowest BCUT2D eigenvalue weighted by Gasteiger charge is -2.19. The third-order valence-electron chi connectivity index (χ3n) is 3.79. The standard InChI is InChI=1S/C17H23N3/c1-11-7-12(2)16(13(3)8-11)9-17(20-18)15-6-5-14(4)19-10-15/h5-8,10,17,20H,9,18H2,1-4H3. The van der Waals surface area contributed by atoms with Gasteiger partial charge < -0.3 is 0 Å². The first-order chi connectivity index (χ1) is 9.51. The number of hydrogen-bond donors (Lipinski definition) is 2. The van der Waals surface area contributed by atoms with E-state index in [1.54, 1.807) is 0 Å². The van der Waals surface area contributed by atoms with Gasteiger partial charge >= 0.3 is 0 Å². The van der Waals surface area contributed by atoms with E-state index in [1.807, 2.05) is 19.2 Å². The number of hydrogen-bond acceptors (Lipinski definition) is 3. The largest absolute Gasteiger partial charge is 0.271 e. The van der Waals surface area contributed by atoms with Gasteiger partial charge in [-0.15, -0.1) is 0 Å². The molecule has 3 nitrogen and oxygen atoms in total. The molecular weight excluding hydrogens is 246 g/mol. The van der Waals surface area contributed by atoms with Crippen LogP contribution in [0.5, 0.6) is 0 Å². The number of nitrogens with two attached hydrogens (primary N) is 1. The molecule has 3 heteroatoms. The first-order valence-electron chi connectivity index (χ1n) is 6.96. The molecular formula is C17H23N3. The maximum absolute atomic E-state index is 5.74. The van der Waals surface area contributed by atoms with Crippen molar-refractivity contribution >= 4 is 0 Å². The smallest absolute Gasteiger partial charge is 0.0515 e. The molecule has 1 aromatic carbocycles. The van der Waals surface area contributed by atoms with Crippen LogP contribution in [0.15, 0.2) is 30.5 Å². The van der Waals surface area contributed by atoms with Gasteiger partial charge in [-0.3, -0.25) is 16.3 Å². The second-order valence-electron chi connectivity index (χ2n) is 5.53. The Kier molecular flexibility index (Phi) is 4.53. The minimum absolute atomic E-state index is 0.0863. The van der Waals surface area contributed by atoms with E-state index in [0.717, 1.165) is 17.7 Å². The van der Waals surface area contributed by atoms with Gasteiger partial charge in [-0.25, -0.2) is 0 Å². The highest BCUT2D eigenvalue weighted by Gasteiger charge is 2.14. The summed E-state index contributed by atoms with van der Waals surface area (Å²) < 4.78 is 0. The lowest BCUT2D eigenvalue weighted by atomic mass is 9.92. The minimum Gasteiger partial charge on any atom is -0.271 e. The minimum atomic E-state index is 0.0863. The van der Waals surface area contributed by atoms with E-state index in [1.165, 1.54) is 22.3 Å². The van der Waals surface area contributed by atoms with Gasteiger partial charge in [-0.2, -0.15) is 0 Å². The number of hydrazine groups is 1. The molecule has 106 valence electrons. The lowest BCUT2D eigenvalue weighted by molar-refractivity contribution is 0.547. The number of aromatic nitrogens is 1. The zero-order chi connectivity index (χ0) is 14.7. The molecule has 1 aromatic heterocycles. The fourth-order valence-electron chi connectivity index (χ4n) is 2.69. The summed E-state index contributed by atoms with van der Waals surface area (Å²) >= 11 is 0. The number of rotatable bonds is 4. The summed E-state index contributed by atoms with van der Waals surface area (Å²) in [6, 6.07) is 8.65. The van der Waals surface area contributed by atoms with E-state index in [-0.39, 0.29) is 6.04 Å². The molecule has 0 saturated heterocycles. The molecule has 0 saturated carbocycles. The molecule has 0 bridgehead atoms. The summed E-state index contributed by atoms with van der Waals surface area (Å²) in [5.41, 5.74) is 10.4. The summed E-state index contributed by atoms with van der Waals surface area (Å²) in [5, 5.41) is 0. The molecule has 20 heavy (non-hydrogen) atoms. The van der Waals surface area contributed by atoms with Crippen LogP contribution in [0.4, 0.5) is 0 Å². The van der Waals surface area contributed by atoms with Gasteiger partial charge in [0.25, 0.3) is 0 Å². The van der Waals surface area contributed by atoms with E-state index in [9.17, 15) is 0 Å². The summed E-state index contributed by atoms with van der Waals surface area (Å²) in [7, 11) is 0. The Morgan fingerprint density at radius 2 is 1.75 bits per heavy atom. The topological polar surface area (TPSA) is 50.9 Å². The number of nitrogens with one attached hydrogen (secondary N) is 1. The molecule has 0 amide bonds. The average Bonchev–Trinajstić information content (AvgIpc) is 2.39. The Morgan fingerprint density at radius 1 is 1.10 bits per heavy atom. The molecule has 2 rings (SSSR count). The van der Waals surface area contributed by atoms with Crippen molar-refractivity contribution in [2.75, 3.05) is 0 Å². The monoisotopic (exact) mass is 269 g/mol. The van der Waals surface area contributed by atoms with Crippen molar-refractivity contribution in [3.8, 4) is 0 Å². The highest BCUT2D eigenvalue weighted by molar-refractivity contribution is 5.38. The van der Waals surface area contributed by atoms with Crippen LogP contribution in [0.2, 0.25) is 0 Å². The van der Waals surface area contributed by atoms with Crippen LogP contribution in [0, 0.1) is 27.7 Å². The van der Waals surface area contributed by atoms with Gasteiger partial charge in [0.15, 0.2) is 0 Å². The number of aryl methyl sites for hydroxylation is 4. The van der Waals surface area contributed by atoms with Crippen molar-refractivity contribution in [1.82, 2.24) is 10.4 Å². The van der Waals surface area contributed by atoms with E-state index in [4.69, 9.17) is 5.84 Å². The molecule has 1 heterocycles. The summed E-state index contributed by atoms with van der Waals surface area (Å²) in [6.45, 7) is 8.45. The molecule has 0 spiro atoms. The molecule has 3 N–H and O–H groups in total. The van der Waals surface area contributed by atoms with Gasteiger partial charge in [0.05, 0.1) is 6.04 Å². The van der Waals surface area contributed by atoms with Gasteiger partial charge in [0.1, 0.15) is 0 Å². The van der Waals surface area contributed by atoms with Gasteiger partial charge in [-0.05, 0) is 62.4 Å². The van der Waals surface area contributed by atoms with E-state index < -0.39 is 0 Å². The number of benzene rings is 1. The van der Waals surface area contributed by atoms with E-state index in [2.05, 4.69) is 49.4 Å². The van der Waals surface area contributed by atoms with Crippen LogP contribution in [-0.2, 0) is 6.42 Å². The van der Waals surface area contributed by atoms with Crippen LogP contribution >= 0.6 is 0 Å². The normalized spacial score (nSPS) is 12.4. The number of nitrogens with zero attached hydrogens (tertiary/aromatic N) is 1. The highest BCUT2D eigenvalue weighted by atomic mass is 15.2. The Bertz CT molecular complexity index is 565. The Hall–Kier alpha value is -1.71. The molecule has 0 aliphatic heterocycles. The van der Waals surface area contributed by atoms with Crippen LogP contribution in [0.25, 0.3) is 0 Å². The maximum atomic E-state index is 5.74. The lowest BCUT2D eigenvalue weighted by Crippen LogP contribution is -2.30. The summed E-state index contributed by atoms with van der Waals surface area (Å²) in [4.78, 5) is 4.35. The molecule has 0 aliphatic carbocycles. The van der Waals surface area contributed by atoms with Crippen molar-refractivity contribution in [3.05, 3.63) is 64.0 Å². The molecule has 0 fully saturated rings. The zero-order valence-corrected chi connectivity index (χ0v) is 12.7. The predicted octanol–water partition coefficient (Wildman–Crippen LogP) is 3.06. The highest BCUT2D eigenvalue weighted by Crippen LogP contribution is 2.23. The summed E-state index contributed by atoms with van der Waals surface area (Å²) in [5.74, 6) is 5.74. The van der Waals surface area contributed by atoms with Crippen LogP contribution < -0.4 is 11.3 Å². The summed E-state index contributed by atoms with van der Waals surface area (Å²) in [6.07, 6.45) is 2.78. The first kappa shape index (κ1) is 14.7. The fraction of sp³-hybridized carbons (Fsp3) is 0.353. The Morgan fingerprint density at radius 3 is 2.25 bits per heavy atom. The van der Waals surface area contributed by atoms with Crippen molar-refractivity contribution in [3.63, 3.8) is 0 Å². The Labute approximate surface area is 121 Å². The predicted molar refractivity (Wildman–Crippen MR) is 83.4 cm³/mol. The van der Waals surface area contributed by atoms with Crippen molar-refractivity contribution < 1.29 is 0 Å². The molecule has 0 radical (unpaired) electrons. The maximum Gasteiger partial charge on any atom is 0.0515 e. The van der Waals surface area contributed by atoms with Crippen molar-refractivity contribution in [2.24, 2.45) is 5.84 Å². The van der Waals surface area contributed by atoms with Gasteiger partial charge in [-0.1, -0.05) is 23.8 Å². The third kappa shape index (κ3) is 3.24. The first-order valence-corrected chi connectivity index (χ1v) is 6.96. The quantitative estimate of drug-likeness (QED) is 0.662. The van der Waals surface area contributed by atoms with Crippen molar-refractivity contribution in [1.29, 1.82) is 0 Å². The average molecular weight is 269 g/mol. The second kappa shape index (κ2) is 6.16. The molecule has 2 aromatic rings. The molecule has 1 unspecified atom stereocenters. The number of pyridine rings is 1. The van der Waals surface area contributed by atoms with Gasteiger partial charge in [0.2, 0.25) is 0 Å². The Balaban J connectivity index is 2.29. The van der Waals surface area contributed by atoms with Crippen LogP contribution in [0.1, 0.15) is 39.6 Å². The van der Waals surface area contributed by atoms with E-state index >= 15 is 0 Å². The van der Waals surface area contributed by atoms with Gasteiger partial charge in [0, 0.05) is 11.9 Å². The van der Waals surface area contributed by atoms with Crippen LogP contribution in [0.3, 0.4) is 0 Å². The fourth-order valence-corrected chi connectivity index (χ4v) is 2.69. The zero-order valence-electron chi connectivity index (χ0n) is 12.7. The second-order valence-corrected chi connectivity index (χ2v) is 5.53. The van der Waals surface area contributed by atoms with Crippen LogP contribution in [-0.4, -0.2) is 4.98 Å². The SMILES string of the molecule is Cc1cc(C)c(CC(NN)c2ccc(C)nc2)c(C)c1. The van der Waals surface area contributed by atoms with E-state index in [0.29, 0.717) is 0 Å². The molecule has 0 aliphatic rings.